The third-order valence-electron chi connectivity index (χ3n) is 4.17. The minimum atomic E-state index is -4.56. The summed E-state index contributed by atoms with van der Waals surface area (Å²) in [5.41, 5.74) is 0. The quantitative estimate of drug-likeness (QED) is 0.797. The molecule has 2 aromatic heterocycles. The molecule has 0 unspecified atom stereocenters. The zero-order valence-corrected chi connectivity index (χ0v) is 15.0. The van der Waals surface area contributed by atoms with Gasteiger partial charge in [0, 0.05) is 19.1 Å². The van der Waals surface area contributed by atoms with Crippen LogP contribution in [0.5, 0.6) is 0 Å². The van der Waals surface area contributed by atoms with Gasteiger partial charge in [-0.15, -0.1) is 11.3 Å². The van der Waals surface area contributed by atoms with Crippen molar-refractivity contribution in [1.82, 2.24) is 14.3 Å². The number of anilines is 1. The monoisotopic (exact) mass is 394 g/mol. The van der Waals surface area contributed by atoms with Gasteiger partial charge in [0.1, 0.15) is 23.5 Å². The number of hydrogen-bond acceptors (Lipinski definition) is 6. The second-order valence-electron chi connectivity index (χ2n) is 5.98. The van der Waals surface area contributed by atoms with E-state index in [4.69, 9.17) is 0 Å². The maximum absolute atomic E-state index is 12.7. The lowest BCUT2D eigenvalue weighted by molar-refractivity contribution is -0.139. The Bertz CT molecular complexity index is 845. The number of alkyl halides is 3. The first-order valence-corrected chi connectivity index (χ1v) is 10.3. The van der Waals surface area contributed by atoms with Gasteiger partial charge in [-0.2, -0.15) is 17.5 Å². The smallest absolute Gasteiger partial charge is 0.356 e. The summed E-state index contributed by atoms with van der Waals surface area (Å²) in [6, 6.07) is 1.25. The van der Waals surface area contributed by atoms with Crippen molar-refractivity contribution in [3.8, 4) is 0 Å². The van der Waals surface area contributed by atoms with E-state index < -0.39 is 28.8 Å². The molecule has 0 N–H and O–H groups in total. The van der Waals surface area contributed by atoms with E-state index in [1.54, 1.807) is 0 Å². The molecule has 0 saturated carbocycles. The Balaban J connectivity index is 1.75. The van der Waals surface area contributed by atoms with Crippen molar-refractivity contribution in [2.24, 2.45) is 0 Å². The minimum Gasteiger partial charge on any atom is -0.356 e. The van der Waals surface area contributed by atoms with E-state index in [0.29, 0.717) is 30.2 Å². The molecule has 11 heteroatoms. The van der Waals surface area contributed by atoms with Crippen LogP contribution in [0, 0.1) is 0 Å². The summed E-state index contributed by atoms with van der Waals surface area (Å²) in [6.07, 6.45) is -1.63. The second kappa shape index (κ2) is 6.69. The Morgan fingerprint density at radius 3 is 2.60 bits per heavy atom. The van der Waals surface area contributed by atoms with E-state index in [-0.39, 0.29) is 0 Å². The number of nitrogens with zero attached hydrogens (tertiary/aromatic N) is 4. The van der Waals surface area contributed by atoms with Crippen LogP contribution in [-0.4, -0.2) is 60.8 Å². The summed E-state index contributed by atoms with van der Waals surface area (Å²) in [4.78, 5) is 11.3. The lowest BCUT2D eigenvalue weighted by Crippen LogP contribution is -2.50. The zero-order valence-electron chi connectivity index (χ0n) is 13.4. The van der Waals surface area contributed by atoms with Crippen LogP contribution in [0.3, 0.4) is 0 Å². The molecule has 1 fully saturated rings. The van der Waals surface area contributed by atoms with Crippen LogP contribution in [0.25, 0.3) is 10.2 Å². The van der Waals surface area contributed by atoms with E-state index in [1.165, 1.54) is 17.7 Å². The summed E-state index contributed by atoms with van der Waals surface area (Å²) in [7, 11) is -3.93. The lowest BCUT2D eigenvalue weighted by Gasteiger charge is -2.38. The van der Waals surface area contributed by atoms with E-state index in [9.17, 15) is 21.6 Å². The second-order valence-corrected chi connectivity index (χ2v) is 8.81. The van der Waals surface area contributed by atoms with Crippen LogP contribution in [0.1, 0.15) is 12.8 Å². The molecule has 0 aliphatic carbocycles. The highest BCUT2D eigenvalue weighted by Crippen LogP contribution is 2.30. The highest BCUT2D eigenvalue weighted by molar-refractivity contribution is 7.88. The van der Waals surface area contributed by atoms with Gasteiger partial charge in [0.05, 0.1) is 11.6 Å². The molecule has 0 radical (unpaired) electrons. The van der Waals surface area contributed by atoms with Crippen molar-refractivity contribution in [2.45, 2.75) is 25.1 Å². The van der Waals surface area contributed by atoms with E-state index in [2.05, 4.69) is 9.97 Å². The lowest BCUT2D eigenvalue weighted by atomic mass is 10.0. The molecule has 6 nitrogen and oxygen atoms in total. The van der Waals surface area contributed by atoms with E-state index in [1.807, 2.05) is 16.3 Å². The summed E-state index contributed by atoms with van der Waals surface area (Å²) < 4.78 is 62.4. The van der Waals surface area contributed by atoms with Gasteiger partial charge in [-0.1, -0.05) is 0 Å². The molecule has 1 aliphatic rings. The summed E-state index contributed by atoms with van der Waals surface area (Å²) in [5, 5.41) is 2.81. The predicted molar refractivity (Wildman–Crippen MR) is 90.3 cm³/mol. The van der Waals surface area contributed by atoms with Crippen LogP contribution in [0.15, 0.2) is 17.8 Å². The first kappa shape index (κ1) is 18.3. The molecule has 138 valence electrons. The number of sulfonamides is 1. The normalized spacial score (nSPS) is 17.6. The number of thiophene rings is 1. The molecule has 1 aliphatic heterocycles. The van der Waals surface area contributed by atoms with E-state index >= 15 is 0 Å². The standard InChI is InChI=1S/C14H17F3N4O2S2/c1-25(22,23)21(8-14(15,16)17)10-2-5-20(6-3-10)12-11-4-7-24-13(11)19-9-18-12/h4,7,9-10H,2-3,5-6,8H2,1H3. The van der Waals surface area contributed by atoms with Gasteiger partial charge in [0.15, 0.2) is 0 Å². The summed E-state index contributed by atoms with van der Waals surface area (Å²) >= 11 is 1.49. The number of aromatic nitrogens is 2. The Labute approximate surface area is 147 Å². The summed E-state index contributed by atoms with van der Waals surface area (Å²) in [6.45, 7) is -0.564. The van der Waals surface area contributed by atoms with Crippen molar-refractivity contribution >= 4 is 37.4 Å². The summed E-state index contributed by atoms with van der Waals surface area (Å²) in [5.74, 6) is 0.742. The third kappa shape index (κ3) is 4.21. The van der Waals surface area contributed by atoms with Gasteiger partial charge in [0.25, 0.3) is 0 Å². The fourth-order valence-corrected chi connectivity index (χ4v) is 4.95. The molecule has 0 amide bonds. The highest BCUT2D eigenvalue weighted by atomic mass is 32.2. The highest BCUT2D eigenvalue weighted by Gasteiger charge is 2.39. The maximum Gasteiger partial charge on any atom is 0.402 e. The van der Waals surface area contributed by atoms with Crippen molar-refractivity contribution < 1.29 is 21.6 Å². The number of halogens is 3. The van der Waals surface area contributed by atoms with Gasteiger partial charge in [-0.25, -0.2) is 18.4 Å². The van der Waals surface area contributed by atoms with Gasteiger partial charge in [0.2, 0.25) is 10.0 Å². The molecular weight excluding hydrogens is 377 g/mol. The fraction of sp³-hybridized carbons (Fsp3) is 0.571. The number of piperidine rings is 1. The maximum atomic E-state index is 12.7. The molecule has 0 spiro atoms. The molecule has 0 aromatic carbocycles. The molecular formula is C14H17F3N4O2S2. The molecule has 1 saturated heterocycles. The molecule has 25 heavy (non-hydrogen) atoms. The first-order chi connectivity index (χ1) is 11.6. The van der Waals surface area contributed by atoms with Crippen LogP contribution in [-0.2, 0) is 10.0 Å². The Morgan fingerprint density at radius 2 is 2.00 bits per heavy atom. The van der Waals surface area contributed by atoms with Crippen molar-refractivity contribution in [3.63, 3.8) is 0 Å². The largest absolute Gasteiger partial charge is 0.402 e. The number of rotatable bonds is 4. The SMILES string of the molecule is CS(=O)(=O)N(CC(F)(F)F)C1CCN(c2ncnc3sccc23)CC1. The van der Waals surface area contributed by atoms with Crippen LogP contribution in [0.4, 0.5) is 19.0 Å². The zero-order chi connectivity index (χ0) is 18.2. The Hall–Kier alpha value is -1.46. The van der Waals surface area contributed by atoms with Crippen molar-refractivity contribution in [1.29, 1.82) is 0 Å². The average molecular weight is 394 g/mol. The van der Waals surface area contributed by atoms with Gasteiger partial charge < -0.3 is 4.90 Å². The van der Waals surface area contributed by atoms with Crippen LogP contribution >= 0.6 is 11.3 Å². The Kier molecular flexibility index (Phi) is 4.91. The Morgan fingerprint density at radius 1 is 1.32 bits per heavy atom. The predicted octanol–water partition coefficient (Wildman–Crippen LogP) is 2.48. The van der Waals surface area contributed by atoms with Crippen molar-refractivity contribution in [2.75, 3.05) is 30.8 Å². The fourth-order valence-electron chi connectivity index (χ4n) is 3.09. The van der Waals surface area contributed by atoms with Gasteiger partial charge >= 0.3 is 6.18 Å². The van der Waals surface area contributed by atoms with Crippen LogP contribution < -0.4 is 4.90 Å². The molecule has 3 heterocycles. The molecule has 0 atom stereocenters. The van der Waals surface area contributed by atoms with Crippen LogP contribution in [0.2, 0.25) is 0 Å². The number of hydrogen-bond donors (Lipinski definition) is 0. The minimum absolute atomic E-state index is 0.318. The number of fused-ring (bicyclic) bond motifs is 1. The van der Waals surface area contributed by atoms with Crippen molar-refractivity contribution in [3.05, 3.63) is 17.8 Å². The molecule has 0 bridgehead atoms. The molecule has 2 aromatic rings. The van der Waals surface area contributed by atoms with Gasteiger partial charge in [-0.05, 0) is 24.3 Å². The third-order valence-corrected chi connectivity index (χ3v) is 6.27. The molecule has 3 rings (SSSR count). The topological polar surface area (TPSA) is 66.4 Å². The van der Waals surface area contributed by atoms with Gasteiger partial charge in [-0.3, -0.25) is 0 Å². The first-order valence-electron chi connectivity index (χ1n) is 7.62. The van der Waals surface area contributed by atoms with E-state index in [0.717, 1.165) is 22.3 Å². The average Bonchev–Trinajstić information content (AvgIpc) is 2.99.